The van der Waals surface area contributed by atoms with Gasteiger partial charge in [-0.25, -0.2) is 16.8 Å². The summed E-state index contributed by atoms with van der Waals surface area (Å²) in [7, 11) is -6.53. The van der Waals surface area contributed by atoms with E-state index < -0.39 is 25.8 Å². The Morgan fingerprint density at radius 2 is 1.72 bits per heavy atom. The van der Waals surface area contributed by atoms with Crippen LogP contribution in [0.25, 0.3) is 0 Å². The Morgan fingerprint density at radius 3 is 2.28 bits per heavy atom. The number of sulfonamides is 1. The van der Waals surface area contributed by atoms with Gasteiger partial charge in [-0.1, -0.05) is 30.3 Å². The number of nitrogens with zero attached hydrogens (tertiary/aromatic N) is 2. The van der Waals surface area contributed by atoms with Crippen molar-refractivity contribution in [3.8, 4) is 0 Å². The van der Waals surface area contributed by atoms with E-state index in [0.29, 0.717) is 19.5 Å². The number of hydrogen-bond acceptors (Lipinski definition) is 5. The molecule has 1 aromatic carbocycles. The predicted octanol–water partition coefficient (Wildman–Crippen LogP) is 0.0953. The second kappa shape index (κ2) is 7.05. The quantitative estimate of drug-likeness (QED) is 0.732. The van der Waals surface area contributed by atoms with Gasteiger partial charge in [0.25, 0.3) is 0 Å². The van der Waals surface area contributed by atoms with Gasteiger partial charge in [0.15, 0.2) is 9.84 Å². The highest BCUT2D eigenvalue weighted by molar-refractivity contribution is 7.91. The van der Waals surface area contributed by atoms with Gasteiger partial charge in [-0.3, -0.25) is 4.79 Å². The van der Waals surface area contributed by atoms with Crippen LogP contribution in [0.3, 0.4) is 0 Å². The average molecular weight is 386 g/mol. The van der Waals surface area contributed by atoms with E-state index in [1.54, 1.807) is 29.2 Å². The molecule has 1 amide bonds. The molecule has 7 nitrogen and oxygen atoms in total. The van der Waals surface area contributed by atoms with E-state index in [2.05, 4.69) is 0 Å². The van der Waals surface area contributed by atoms with Crippen molar-refractivity contribution in [3.63, 3.8) is 0 Å². The third-order valence-electron chi connectivity index (χ3n) is 4.72. The highest BCUT2D eigenvalue weighted by Gasteiger charge is 2.37. The first-order valence-electron chi connectivity index (χ1n) is 8.28. The molecule has 2 fully saturated rings. The molecular weight excluding hydrogens is 364 g/mol. The maximum atomic E-state index is 12.5. The average Bonchev–Trinajstić information content (AvgIpc) is 2.95. The molecule has 9 heteroatoms. The molecule has 25 heavy (non-hydrogen) atoms. The summed E-state index contributed by atoms with van der Waals surface area (Å²) >= 11 is 0. The Morgan fingerprint density at radius 1 is 1.08 bits per heavy atom. The molecule has 0 aromatic heterocycles. The van der Waals surface area contributed by atoms with E-state index in [9.17, 15) is 21.6 Å². The molecule has 2 heterocycles. The Bertz CT molecular complexity index is 829. The minimum Gasteiger partial charge on any atom is -0.340 e. The smallest absolute Gasteiger partial charge is 0.226 e. The monoisotopic (exact) mass is 386 g/mol. The largest absolute Gasteiger partial charge is 0.340 e. The maximum absolute atomic E-state index is 12.5. The highest BCUT2D eigenvalue weighted by Crippen LogP contribution is 2.22. The fourth-order valence-corrected chi connectivity index (χ4v) is 6.56. The van der Waals surface area contributed by atoms with E-state index in [4.69, 9.17) is 0 Å². The van der Waals surface area contributed by atoms with E-state index >= 15 is 0 Å². The number of hydrogen-bond donors (Lipinski definition) is 0. The van der Waals surface area contributed by atoms with Crippen molar-refractivity contribution in [1.82, 2.24) is 9.21 Å². The summed E-state index contributed by atoms with van der Waals surface area (Å²) < 4.78 is 49.5. The number of sulfone groups is 1. The Hall–Kier alpha value is -1.45. The summed E-state index contributed by atoms with van der Waals surface area (Å²) in [4.78, 5) is 14.0. The summed E-state index contributed by atoms with van der Waals surface area (Å²) in [6.07, 6.45) is 0.369. The first kappa shape index (κ1) is 18.3. The minimum atomic E-state index is -3.42. The predicted molar refractivity (Wildman–Crippen MR) is 94.0 cm³/mol. The molecule has 0 saturated carbocycles. The molecule has 0 unspecified atom stereocenters. The molecule has 2 aliphatic rings. The fraction of sp³-hybridized carbons (Fsp3) is 0.562. The van der Waals surface area contributed by atoms with Gasteiger partial charge in [0.05, 0.1) is 23.2 Å². The van der Waals surface area contributed by atoms with Crippen molar-refractivity contribution in [2.45, 2.75) is 12.2 Å². The molecule has 138 valence electrons. The molecule has 0 radical (unpaired) electrons. The fourth-order valence-electron chi connectivity index (χ4n) is 3.31. The van der Waals surface area contributed by atoms with Gasteiger partial charge in [0.2, 0.25) is 15.9 Å². The standard InChI is InChI=1S/C16H22N2O5S2/c19-16(15-6-11-24(20,21)13-15)17-7-9-18(10-8-17)25(22,23)12-14-4-2-1-3-5-14/h1-5,15H,6-13H2/t15-/m1/s1. The maximum Gasteiger partial charge on any atom is 0.226 e. The number of benzene rings is 1. The summed E-state index contributed by atoms with van der Waals surface area (Å²) in [6.45, 7) is 1.12. The number of rotatable bonds is 4. The third-order valence-corrected chi connectivity index (χ3v) is 8.34. The first-order chi connectivity index (χ1) is 11.8. The summed E-state index contributed by atoms with van der Waals surface area (Å²) in [5.74, 6) is -0.714. The molecule has 2 aliphatic heterocycles. The van der Waals surface area contributed by atoms with E-state index in [1.165, 1.54) is 4.31 Å². The van der Waals surface area contributed by atoms with Gasteiger partial charge in [-0.2, -0.15) is 4.31 Å². The zero-order chi connectivity index (χ0) is 18.1. The minimum absolute atomic E-state index is 0.0529. The molecule has 0 spiro atoms. The summed E-state index contributed by atoms with van der Waals surface area (Å²) in [5, 5.41) is 0. The molecular formula is C16H22N2O5S2. The summed E-state index contributed by atoms with van der Waals surface area (Å²) in [6, 6.07) is 8.99. The second-order valence-electron chi connectivity index (χ2n) is 6.57. The van der Waals surface area contributed by atoms with Crippen LogP contribution < -0.4 is 0 Å². The number of piperazine rings is 1. The zero-order valence-electron chi connectivity index (χ0n) is 13.9. The van der Waals surface area contributed by atoms with Crippen LogP contribution >= 0.6 is 0 Å². The molecule has 3 rings (SSSR count). The lowest BCUT2D eigenvalue weighted by Gasteiger charge is -2.35. The third kappa shape index (κ3) is 4.39. The molecule has 0 N–H and O–H groups in total. The number of carbonyl (C=O) groups excluding carboxylic acids is 1. The van der Waals surface area contributed by atoms with Crippen molar-refractivity contribution in [1.29, 1.82) is 0 Å². The van der Waals surface area contributed by atoms with Crippen LogP contribution in [0.2, 0.25) is 0 Å². The van der Waals surface area contributed by atoms with Gasteiger partial charge in [-0.15, -0.1) is 0 Å². The molecule has 0 bridgehead atoms. The highest BCUT2D eigenvalue weighted by atomic mass is 32.2. The SMILES string of the molecule is O=C([C@@H]1CCS(=O)(=O)C1)N1CCN(S(=O)(=O)Cc2ccccc2)CC1. The zero-order valence-corrected chi connectivity index (χ0v) is 15.5. The van der Waals surface area contributed by atoms with Gasteiger partial charge in [0, 0.05) is 26.2 Å². The lowest BCUT2D eigenvalue weighted by atomic mass is 10.1. The normalized spacial score (nSPS) is 24.3. The van der Waals surface area contributed by atoms with Gasteiger partial charge < -0.3 is 4.90 Å². The molecule has 1 atom stereocenters. The van der Waals surface area contributed by atoms with Crippen molar-refractivity contribution in [3.05, 3.63) is 35.9 Å². The van der Waals surface area contributed by atoms with Crippen LogP contribution in [0.15, 0.2) is 30.3 Å². The molecule has 1 aromatic rings. The first-order valence-corrected chi connectivity index (χ1v) is 11.7. The Labute approximate surface area is 148 Å². The van der Waals surface area contributed by atoms with Crippen LogP contribution in [0.1, 0.15) is 12.0 Å². The molecule has 2 saturated heterocycles. The van der Waals surface area contributed by atoms with E-state index in [1.807, 2.05) is 6.07 Å². The van der Waals surface area contributed by atoms with E-state index in [-0.39, 0.29) is 36.3 Å². The lowest BCUT2D eigenvalue weighted by molar-refractivity contribution is -0.135. The lowest BCUT2D eigenvalue weighted by Crippen LogP contribution is -2.52. The van der Waals surface area contributed by atoms with Crippen molar-refractivity contribution < 1.29 is 21.6 Å². The topological polar surface area (TPSA) is 91.8 Å². The summed E-state index contributed by atoms with van der Waals surface area (Å²) in [5.41, 5.74) is 0.733. The van der Waals surface area contributed by atoms with Crippen LogP contribution in [0, 0.1) is 5.92 Å². The van der Waals surface area contributed by atoms with Gasteiger partial charge >= 0.3 is 0 Å². The van der Waals surface area contributed by atoms with Crippen LogP contribution in [0.4, 0.5) is 0 Å². The van der Waals surface area contributed by atoms with Crippen LogP contribution in [-0.2, 0) is 30.4 Å². The molecule has 0 aliphatic carbocycles. The number of carbonyl (C=O) groups is 1. The second-order valence-corrected chi connectivity index (χ2v) is 10.8. The van der Waals surface area contributed by atoms with Crippen LogP contribution in [-0.4, -0.2) is 69.6 Å². The van der Waals surface area contributed by atoms with E-state index in [0.717, 1.165) is 5.56 Å². The Balaban J connectivity index is 1.57. The van der Waals surface area contributed by atoms with Gasteiger partial charge in [-0.05, 0) is 12.0 Å². The van der Waals surface area contributed by atoms with Gasteiger partial charge in [0.1, 0.15) is 0 Å². The van der Waals surface area contributed by atoms with Crippen molar-refractivity contribution >= 4 is 25.8 Å². The van der Waals surface area contributed by atoms with Crippen molar-refractivity contribution in [2.75, 3.05) is 37.7 Å². The van der Waals surface area contributed by atoms with Crippen LogP contribution in [0.5, 0.6) is 0 Å². The van der Waals surface area contributed by atoms with Crippen molar-refractivity contribution in [2.24, 2.45) is 5.92 Å². The number of amides is 1. The Kier molecular flexibility index (Phi) is 5.17.